The SMILES string of the molecule is COCCN(CCC(=O)NCc1ccc(C)cc1)S(C)(=O)=O. The second-order valence-electron chi connectivity index (χ2n) is 5.17. The van der Waals surface area contributed by atoms with Gasteiger partial charge in [-0.25, -0.2) is 8.42 Å². The first kappa shape index (κ1) is 18.6. The molecule has 0 fully saturated rings. The smallest absolute Gasteiger partial charge is 0.221 e. The first-order chi connectivity index (χ1) is 10.3. The van der Waals surface area contributed by atoms with Crippen molar-refractivity contribution in [3.63, 3.8) is 0 Å². The quantitative estimate of drug-likeness (QED) is 0.731. The van der Waals surface area contributed by atoms with E-state index in [1.54, 1.807) is 0 Å². The number of amides is 1. The zero-order chi connectivity index (χ0) is 16.6. The summed E-state index contributed by atoms with van der Waals surface area (Å²) in [7, 11) is -1.82. The number of sulfonamides is 1. The maximum atomic E-state index is 11.8. The van der Waals surface area contributed by atoms with E-state index in [4.69, 9.17) is 4.74 Å². The fourth-order valence-electron chi connectivity index (χ4n) is 1.86. The Bertz CT molecular complexity index is 570. The topological polar surface area (TPSA) is 75.7 Å². The van der Waals surface area contributed by atoms with E-state index in [-0.39, 0.29) is 25.4 Å². The van der Waals surface area contributed by atoms with Crippen LogP contribution in [0.1, 0.15) is 17.5 Å². The van der Waals surface area contributed by atoms with Crippen LogP contribution in [-0.4, -0.2) is 51.7 Å². The van der Waals surface area contributed by atoms with Gasteiger partial charge in [-0.05, 0) is 12.5 Å². The summed E-state index contributed by atoms with van der Waals surface area (Å²) in [6.45, 7) is 3.15. The van der Waals surface area contributed by atoms with Crippen molar-refractivity contribution in [2.75, 3.05) is 33.1 Å². The summed E-state index contributed by atoms with van der Waals surface area (Å²) in [5.74, 6) is -0.174. The van der Waals surface area contributed by atoms with Crippen molar-refractivity contribution in [3.05, 3.63) is 35.4 Å². The van der Waals surface area contributed by atoms with Crippen LogP contribution in [0.3, 0.4) is 0 Å². The van der Waals surface area contributed by atoms with Gasteiger partial charge in [0.15, 0.2) is 0 Å². The van der Waals surface area contributed by atoms with Gasteiger partial charge in [-0.3, -0.25) is 4.79 Å². The Morgan fingerprint density at radius 1 is 1.23 bits per heavy atom. The number of nitrogens with zero attached hydrogens (tertiary/aromatic N) is 1. The predicted octanol–water partition coefficient (Wildman–Crippen LogP) is 0.909. The molecule has 1 aromatic carbocycles. The van der Waals surface area contributed by atoms with Crippen molar-refractivity contribution in [2.24, 2.45) is 0 Å². The lowest BCUT2D eigenvalue weighted by atomic mass is 10.1. The van der Waals surface area contributed by atoms with Crippen LogP contribution in [0.4, 0.5) is 0 Å². The Morgan fingerprint density at radius 2 is 1.86 bits per heavy atom. The molecule has 0 radical (unpaired) electrons. The number of methoxy groups -OCH3 is 1. The van der Waals surface area contributed by atoms with E-state index in [1.165, 1.54) is 11.4 Å². The molecule has 22 heavy (non-hydrogen) atoms. The predicted molar refractivity (Wildman–Crippen MR) is 85.9 cm³/mol. The number of aryl methyl sites for hydroxylation is 1. The van der Waals surface area contributed by atoms with Crippen molar-refractivity contribution >= 4 is 15.9 Å². The first-order valence-electron chi connectivity index (χ1n) is 7.09. The highest BCUT2D eigenvalue weighted by atomic mass is 32.2. The minimum atomic E-state index is -3.33. The van der Waals surface area contributed by atoms with E-state index in [0.29, 0.717) is 13.2 Å². The van der Waals surface area contributed by atoms with E-state index in [0.717, 1.165) is 17.4 Å². The summed E-state index contributed by atoms with van der Waals surface area (Å²) in [4.78, 5) is 11.8. The molecule has 7 heteroatoms. The summed E-state index contributed by atoms with van der Waals surface area (Å²) < 4.78 is 29.3. The van der Waals surface area contributed by atoms with Crippen molar-refractivity contribution in [2.45, 2.75) is 19.9 Å². The molecule has 1 rings (SSSR count). The molecule has 0 aliphatic rings. The van der Waals surface area contributed by atoms with Gasteiger partial charge in [0.25, 0.3) is 0 Å². The lowest BCUT2D eigenvalue weighted by Crippen LogP contribution is -2.36. The van der Waals surface area contributed by atoms with E-state index in [1.807, 2.05) is 31.2 Å². The summed E-state index contributed by atoms with van der Waals surface area (Å²) in [6.07, 6.45) is 1.26. The normalized spacial score (nSPS) is 11.6. The van der Waals surface area contributed by atoms with Gasteiger partial charge in [-0.15, -0.1) is 0 Å². The number of hydrogen-bond donors (Lipinski definition) is 1. The lowest BCUT2D eigenvalue weighted by Gasteiger charge is -2.19. The van der Waals surface area contributed by atoms with Crippen LogP contribution >= 0.6 is 0 Å². The third kappa shape index (κ3) is 7.02. The molecule has 0 atom stereocenters. The highest BCUT2D eigenvalue weighted by Gasteiger charge is 2.17. The first-order valence-corrected chi connectivity index (χ1v) is 8.94. The Labute approximate surface area is 132 Å². The van der Waals surface area contributed by atoms with Crippen molar-refractivity contribution in [3.8, 4) is 0 Å². The molecule has 0 heterocycles. The van der Waals surface area contributed by atoms with Gasteiger partial charge in [-0.1, -0.05) is 29.8 Å². The van der Waals surface area contributed by atoms with E-state index in [2.05, 4.69) is 5.32 Å². The maximum absolute atomic E-state index is 11.8. The Hall–Kier alpha value is -1.44. The minimum absolute atomic E-state index is 0.128. The molecule has 0 aliphatic carbocycles. The van der Waals surface area contributed by atoms with Crippen LogP contribution < -0.4 is 5.32 Å². The number of hydrogen-bond acceptors (Lipinski definition) is 4. The molecule has 1 N–H and O–H groups in total. The molecule has 6 nitrogen and oxygen atoms in total. The number of ether oxygens (including phenoxy) is 1. The van der Waals surface area contributed by atoms with Crippen LogP contribution in [-0.2, 0) is 26.1 Å². The number of benzene rings is 1. The lowest BCUT2D eigenvalue weighted by molar-refractivity contribution is -0.121. The third-order valence-electron chi connectivity index (χ3n) is 3.21. The monoisotopic (exact) mass is 328 g/mol. The fourth-order valence-corrected chi connectivity index (χ4v) is 2.69. The Kier molecular flexibility index (Phi) is 7.50. The van der Waals surface area contributed by atoms with Crippen LogP contribution in [0.2, 0.25) is 0 Å². The molecule has 0 saturated heterocycles. The van der Waals surface area contributed by atoms with Gasteiger partial charge >= 0.3 is 0 Å². The van der Waals surface area contributed by atoms with Gasteiger partial charge in [-0.2, -0.15) is 4.31 Å². The standard InChI is InChI=1S/C15H24N2O4S/c1-13-4-6-14(7-5-13)12-16-15(18)8-9-17(10-11-21-2)22(3,19)20/h4-7H,8-12H2,1-3H3,(H,16,18). The molecule has 124 valence electrons. The largest absolute Gasteiger partial charge is 0.383 e. The van der Waals surface area contributed by atoms with Gasteiger partial charge in [0, 0.05) is 33.2 Å². The van der Waals surface area contributed by atoms with Crippen LogP contribution in [0.25, 0.3) is 0 Å². The summed E-state index contributed by atoms with van der Waals surface area (Å²) in [6, 6.07) is 7.88. The molecular formula is C15H24N2O4S. The zero-order valence-corrected chi connectivity index (χ0v) is 14.1. The van der Waals surface area contributed by atoms with Crippen molar-refractivity contribution in [1.29, 1.82) is 0 Å². The molecule has 1 aromatic rings. The van der Waals surface area contributed by atoms with Crippen molar-refractivity contribution in [1.82, 2.24) is 9.62 Å². The maximum Gasteiger partial charge on any atom is 0.221 e. The van der Waals surface area contributed by atoms with E-state index < -0.39 is 10.0 Å². The molecular weight excluding hydrogens is 304 g/mol. The van der Waals surface area contributed by atoms with E-state index in [9.17, 15) is 13.2 Å². The van der Waals surface area contributed by atoms with Gasteiger partial charge in [0.05, 0.1) is 12.9 Å². The highest BCUT2D eigenvalue weighted by Crippen LogP contribution is 2.03. The summed E-state index contributed by atoms with van der Waals surface area (Å²) in [5, 5.41) is 2.79. The van der Waals surface area contributed by atoms with Gasteiger partial charge in [0.1, 0.15) is 0 Å². The van der Waals surface area contributed by atoms with Crippen LogP contribution in [0.15, 0.2) is 24.3 Å². The average molecular weight is 328 g/mol. The number of carbonyl (C=O) groups excluding carboxylic acids is 1. The summed E-state index contributed by atoms with van der Waals surface area (Å²) in [5.41, 5.74) is 2.18. The Balaban J connectivity index is 2.41. The molecule has 1 amide bonds. The molecule has 0 unspecified atom stereocenters. The summed E-state index contributed by atoms with van der Waals surface area (Å²) >= 11 is 0. The number of carbonyl (C=O) groups is 1. The van der Waals surface area contributed by atoms with Gasteiger partial charge in [0.2, 0.25) is 15.9 Å². The Morgan fingerprint density at radius 3 is 2.41 bits per heavy atom. The zero-order valence-electron chi connectivity index (χ0n) is 13.3. The molecule has 0 saturated carbocycles. The molecule has 0 aromatic heterocycles. The van der Waals surface area contributed by atoms with Crippen molar-refractivity contribution < 1.29 is 17.9 Å². The van der Waals surface area contributed by atoms with Gasteiger partial charge < -0.3 is 10.1 Å². The van der Waals surface area contributed by atoms with E-state index >= 15 is 0 Å². The second kappa shape index (κ2) is 8.87. The van der Waals surface area contributed by atoms with Crippen LogP contribution in [0.5, 0.6) is 0 Å². The average Bonchev–Trinajstić information content (AvgIpc) is 2.45. The third-order valence-corrected chi connectivity index (χ3v) is 4.52. The second-order valence-corrected chi connectivity index (χ2v) is 7.15. The number of rotatable bonds is 9. The minimum Gasteiger partial charge on any atom is -0.383 e. The van der Waals surface area contributed by atoms with Crippen LogP contribution in [0, 0.1) is 6.92 Å². The molecule has 0 bridgehead atoms. The number of nitrogens with one attached hydrogen (secondary N) is 1. The highest BCUT2D eigenvalue weighted by molar-refractivity contribution is 7.88. The molecule has 0 aliphatic heterocycles. The fraction of sp³-hybridized carbons (Fsp3) is 0.533. The molecule has 0 spiro atoms.